The third-order valence-electron chi connectivity index (χ3n) is 3.51. The first-order valence-electron chi connectivity index (χ1n) is 8.19. The Morgan fingerprint density at radius 2 is 1.92 bits per heavy atom. The van der Waals surface area contributed by atoms with Crippen LogP contribution in [0.2, 0.25) is 0 Å². The molecule has 0 fully saturated rings. The van der Waals surface area contributed by atoms with Crippen LogP contribution in [0.4, 0.5) is 0 Å². The van der Waals surface area contributed by atoms with E-state index in [4.69, 9.17) is 9.47 Å². The first kappa shape index (κ1) is 25.1. The number of hydrogen-bond donors (Lipinski definition) is 2. The fourth-order valence-corrected chi connectivity index (χ4v) is 3.23. The van der Waals surface area contributed by atoms with E-state index in [1.807, 2.05) is 12.1 Å². The van der Waals surface area contributed by atoms with Gasteiger partial charge in [-0.05, 0) is 30.5 Å². The number of methoxy groups -OCH3 is 1. The van der Waals surface area contributed by atoms with Gasteiger partial charge in [-0.15, -0.1) is 24.0 Å². The van der Waals surface area contributed by atoms with E-state index in [2.05, 4.69) is 15.6 Å². The Kier molecular flexibility index (Phi) is 12.8. The van der Waals surface area contributed by atoms with E-state index in [9.17, 15) is 8.42 Å². The number of hydrogen-bond acceptors (Lipinski definition) is 5. The Bertz CT molecular complexity index is 666. The largest absolute Gasteiger partial charge is 0.382 e. The van der Waals surface area contributed by atoms with Gasteiger partial charge in [0.25, 0.3) is 0 Å². The van der Waals surface area contributed by atoms with Crippen molar-refractivity contribution in [2.45, 2.75) is 24.8 Å². The number of sulfone groups is 1. The van der Waals surface area contributed by atoms with Crippen LogP contribution in [-0.4, -0.2) is 61.2 Å². The topological polar surface area (TPSA) is 89.0 Å². The molecule has 1 aromatic carbocycles. The SMILES string of the molecule is CN=C(NCCCOCCOC)NCc1ccc(S(C)(=O)=O)c(C)c1.I. The molecule has 0 aliphatic heterocycles. The van der Waals surface area contributed by atoms with Gasteiger partial charge in [-0.1, -0.05) is 12.1 Å². The zero-order chi connectivity index (χ0) is 18.7. The average molecular weight is 499 g/mol. The summed E-state index contributed by atoms with van der Waals surface area (Å²) in [6.45, 7) is 4.99. The van der Waals surface area contributed by atoms with Crippen molar-refractivity contribution in [3.05, 3.63) is 29.3 Å². The minimum absolute atomic E-state index is 0. The van der Waals surface area contributed by atoms with E-state index >= 15 is 0 Å². The van der Waals surface area contributed by atoms with Crippen molar-refractivity contribution < 1.29 is 17.9 Å². The monoisotopic (exact) mass is 499 g/mol. The summed E-state index contributed by atoms with van der Waals surface area (Å²) in [7, 11) is 0.174. The Hall–Kier alpha value is -0.910. The summed E-state index contributed by atoms with van der Waals surface area (Å²) in [6, 6.07) is 5.34. The molecule has 0 aliphatic carbocycles. The third-order valence-corrected chi connectivity index (χ3v) is 4.77. The molecule has 0 radical (unpaired) electrons. The fourth-order valence-electron chi connectivity index (χ4n) is 2.27. The van der Waals surface area contributed by atoms with E-state index in [-0.39, 0.29) is 24.0 Å². The van der Waals surface area contributed by atoms with E-state index in [0.717, 1.165) is 24.1 Å². The standard InChI is InChI=1S/C17H29N3O4S.HI/c1-14-12-15(6-7-16(14)25(4,21)22)13-20-17(18-2)19-8-5-9-24-11-10-23-3;/h6-7,12H,5,8-11,13H2,1-4H3,(H2,18,19,20);1H. The zero-order valence-corrected chi connectivity index (χ0v) is 19.0. The summed E-state index contributed by atoms with van der Waals surface area (Å²) in [5.41, 5.74) is 1.74. The van der Waals surface area contributed by atoms with Gasteiger partial charge in [0.1, 0.15) is 0 Å². The molecular formula is C17H30IN3O4S. The number of nitrogens with one attached hydrogen (secondary N) is 2. The normalized spacial score (nSPS) is 11.8. The van der Waals surface area contributed by atoms with Gasteiger partial charge >= 0.3 is 0 Å². The Morgan fingerprint density at radius 1 is 1.19 bits per heavy atom. The Labute approximate surface area is 173 Å². The second-order valence-corrected chi connectivity index (χ2v) is 7.67. The third kappa shape index (κ3) is 9.70. The van der Waals surface area contributed by atoms with Crippen LogP contribution in [0.1, 0.15) is 17.5 Å². The van der Waals surface area contributed by atoms with Gasteiger partial charge in [0.15, 0.2) is 15.8 Å². The summed E-state index contributed by atoms with van der Waals surface area (Å²) < 4.78 is 33.6. The molecule has 0 heterocycles. The van der Waals surface area contributed by atoms with Crippen LogP contribution in [0.25, 0.3) is 0 Å². The quantitative estimate of drug-likeness (QED) is 0.221. The van der Waals surface area contributed by atoms with Crippen molar-refractivity contribution in [3.8, 4) is 0 Å². The first-order chi connectivity index (χ1) is 11.9. The minimum atomic E-state index is -3.19. The van der Waals surface area contributed by atoms with E-state index in [1.165, 1.54) is 6.26 Å². The van der Waals surface area contributed by atoms with Crippen LogP contribution in [0, 0.1) is 6.92 Å². The maximum Gasteiger partial charge on any atom is 0.191 e. The molecule has 1 aromatic rings. The molecule has 0 atom stereocenters. The number of nitrogens with zero attached hydrogens (tertiary/aromatic N) is 1. The molecule has 2 N–H and O–H groups in total. The lowest BCUT2D eigenvalue weighted by Gasteiger charge is -2.13. The van der Waals surface area contributed by atoms with Crippen LogP contribution in [0.15, 0.2) is 28.1 Å². The summed E-state index contributed by atoms with van der Waals surface area (Å²) in [5, 5.41) is 6.42. The van der Waals surface area contributed by atoms with Crippen molar-refractivity contribution in [2.75, 3.05) is 46.8 Å². The number of rotatable bonds is 10. The molecule has 0 spiro atoms. The Balaban J connectivity index is 0.00000625. The Morgan fingerprint density at radius 3 is 2.50 bits per heavy atom. The lowest BCUT2D eigenvalue weighted by atomic mass is 10.1. The molecule has 7 nitrogen and oxygen atoms in total. The maximum atomic E-state index is 11.6. The molecule has 9 heteroatoms. The fraction of sp³-hybridized carbons (Fsp3) is 0.588. The number of halogens is 1. The van der Waals surface area contributed by atoms with Gasteiger partial charge in [0.05, 0.1) is 18.1 Å². The van der Waals surface area contributed by atoms with Crippen molar-refractivity contribution in [1.82, 2.24) is 10.6 Å². The highest BCUT2D eigenvalue weighted by Crippen LogP contribution is 2.16. The number of aryl methyl sites for hydroxylation is 1. The molecule has 1 rings (SSSR count). The van der Waals surface area contributed by atoms with Gasteiger partial charge in [0, 0.05) is 40.1 Å². The molecule has 150 valence electrons. The molecule has 0 aromatic heterocycles. The number of aliphatic imine (C=N–C) groups is 1. The number of benzene rings is 1. The summed E-state index contributed by atoms with van der Waals surface area (Å²) in [6.07, 6.45) is 2.09. The van der Waals surface area contributed by atoms with Crippen LogP contribution < -0.4 is 10.6 Å². The van der Waals surface area contributed by atoms with Gasteiger partial charge in [-0.3, -0.25) is 4.99 Å². The lowest BCUT2D eigenvalue weighted by molar-refractivity contribution is 0.0698. The summed E-state index contributed by atoms with van der Waals surface area (Å²) in [4.78, 5) is 4.54. The summed E-state index contributed by atoms with van der Waals surface area (Å²) in [5.74, 6) is 0.696. The minimum Gasteiger partial charge on any atom is -0.382 e. The predicted molar refractivity (Wildman–Crippen MR) is 115 cm³/mol. The highest BCUT2D eigenvalue weighted by Gasteiger charge is 2.10. The number of guanidine groups is 1. The van der Waals surface area contributed by atoms with Crippen LogP contribution in [0.5, 0.6) is 0 Å². The van der Waals surface area contributed by atoms with Gasteiger partial charge in [0.2, 0.25) is 0 Å². The molecule has 26 heavy (non-hydrogen) atoms. The van der Waals surface area contributed by atoms with E-state index < -0.39 is 9.84 Å². The molecule has 0 aliphatic rings. The van der Waals surface area contributed by atoms with Gasteiger partial charge in [-0.25, -0.2) is 8.42 Å². The second-order valence-electron chi connectivity index (χ2n) is 5.68. The maximum absolute atomic E-state index is 11.6. The summed E-state index contributed by atoms with van der Waals surface area (Å²) >= 11 is 0. The highest BCUT2D eigenvalue weighted by molar-refractivity contribution is 14.0. The molecule has 0 saturated heterocycles. The molecular weight excluding hydrogens is 469 g/mol. The lowest BCUT2D eigenvalue weighted by Crippen LogP contribution is -2.37. The number of ether oxygens (including phenoxy) is 2. The average Bonchev–Trinajstić information content (AvgIpc) is 2.55. The van der Waals surface area contributed by atoms with Crippen molar-refractivity contribution >= 4 is 39.8 Å². The smallest absolute Gasteiger partial charge is 0.191 e. The van der Waals surface area contributed by atoms with Crippen molar-refractivity contribution in [2.24, 2.45) is 4.99 Å². The van der Waals surface area contributed by atoms with E-state index in [1.54, 1.807) is 27.1 Å². The highest BCUT2D eigenvalue weighted by atomic mass is 127. The van der Waals surface area contributed by atoms with Crippen LogP contribution in [0.3, 0.4) is 0 Å². The van der Waals surface area contributed by atoms with Crippen molar-refractivity contribution in [3.63, 3.8) is 0 Å². The molecule has 0 unspecified atom stereocenters. The van der Waals surface area contributed by atoms with Crippen molar-refractivity contribution in [1.29, 1.82) is 0 Å². The van der Waals surface area contributed by atoms with E-state index in [0.29, 0.717) is 37.2 Å². The first-order valence-corrected chi connectivity index (χ1v) is 10.1. The van der Waals surface area contributed by atoms with Gasteiger partial charge < -0.3 is 20.1 Å². The predicted octanol–water partition coefficient (Wildman–Crippen LogP) is 1.73. The van der Waals surface area contributed by atoms with Gasteiger partial charge in [-0.2, -0.15) is 0 Å². The second kappa shape index (κ2) is 13.3. The molecule has 0 amide bonds. The van der Waals surface area contributed by atoms with Crippen LogP contribution >= 0.6 is 24.0 Å². The zero-order valence-electron chi connectivity index (χ0n) is 15.9. The molecule has 0 saturated carbocycles. The van der Waals surface area contributed by atoms with Crippen LogP contribution in [-0.2, 0) is 25.9 Å². The molecule has 0 bridgehead atoms.